The SMILES string of the molecule is Cc1cc(C)c2[nH]c(=O)c([C@H](c3nnnn3C3CCCC3)N(Cc3ccco3)C[C@H]3CCCO3)cc2c1. The van der Waals surface area contributed by atoms with E-state index in [2.05, 4.69) is 44.5 Å². The molecule has 9 heteroatoms. The summed E-state index contributed by atoms with van der Waals surface area (Å²) in [6.07, 6.45) is 8.21. The van der Waals surface area contributed by atoms with Gasteiger partial charge in [-0.15, -0.1) is 5.10 Å². The van der Waals surface area contributed by atoms with Crippen LogP contribution in [0.4, 0.5) is 0 Å². The molecule has 9 nitrogen and oxygen atoms in total. The van der Waals surface area contributed by atoms with Gasteiger partial charge in [-0.25, -0.2) is 4.68 Å². The van der Waals surface area contributed by atoms with E-state index in [1.165, 1.54) is 0 Å². The number of nitrogens with zero attached hydrogens (tertiary/aromatic N) is 5. The molecule has 1 aliphatic carbocycles. The molecule has 2 fully saturated rings. The van der Waals surface area contributed by atoms with Gasteiger partial charge in [0.15, 0.2) is 5.82 Å². The second kappa shape index (κ2) is 10.2. The van der Waals surface area contributed by atoms with Crippen LogP contribution in [0.3, 0.4) is 0 Å². The number of ether oxygens (including phenoxy) is 1. The van der Waals surface area contributed by atoms with Gasteiger partial charge in [-0.3, -0.25) is 9.69 Å². The Hall–Kier alpha value is -3.30. The highest BCUT2D eigenvalue weighted by molar-refractivity contribution is 5.83. The quantitative estimate of drug-likeness (QED) is 0.375. The number of aromatic amines is 1. The van der Waals surface area contributed by atoms with E-state index >= 15 is 0 Å². The Morgan fingerprint density at radius 2 is 2.03 bits per heavy atom. The second-order valence-corrected chi connectivity index (χ2v) is 10.6. The number of H-pyrrole nitrogens is 1. The summed E-state index contributed by atoms with van der Waals surface area (Å²) < 4.78 is 13.8. The number of hydrogen-bond donors (Lipinski definition) is 1. The van der Waals surface area contributed by atoms with Gasteiger partial charge in [0, 0.05) is 18.7 Å². The first-order valence-corrected chi connectivity index (χ1v) is 13.4. The van der Waals surface area contributed by atoms with E-state index in [1.807, 2.05) is 29.8 Å². The smallest absolute Gasteiger partial charge is 0.253 e. The molecule has 2 atom stereocenters. The molecule has 1 saturated carbocycles. The number of pyridine rings is 1. The highest BCUT2D eigenvalue weighted by Crippen LogP contribution is 2.35. The number of fused-ring (bicyclic) bond motifs is 1. The van der Waals surface area contributed by atoms with Gasteiger partial charge < -0.3 is 14.1 Å². The Kier molecular flexibility index (Phi) is 6.65. The highest BCUT2D eigenvalue weighted by Gasteiger charge is 2.35. The zero-order chi connectivity index (χ0) is 25.4. The highest BCUT2D eigenvalue weighted by atomic mass is 16.5. The Balaban J connectivity index is 1.52. The van der Waals surface area contributed by atoms with Crippen LogP contribution in [0.5, 0.6) is 0 Å². The third-order valence-corrected chi connectivity index (χ3v) is 7.82. The van der Waals surface area contributed by atoms with E-state index in [0.29, 0.717) is 24.5 Å². The summed E-state index contributed by atoms with van der Waals surface area (Å²) in [6.45, 7) is 6.03. The van der Waals surface area contributed by atoms with Crippen LogP contribution in [0.1, 0.15) is 78.9 Å². The Morgan fingerprint density at radius 1 is 1.16 bits per heavy atom. The van der Waals surface area contributed by atoms with Crippen LogP contribution < -0.4 is 5.56 Å². The molecule has 37 heavy (non-hydrogen) atoms. The first-order chi connectivity index (χ1) is 18.1. The van der Waals surface area contributed by atoms with Crippen molar-refractivity contribution in [3.8, 4) is 0 Å². The average molecular weight is 503 g/mol. The van der Waals surface area contributed by atoms with Crippen LogP contribution in [0.15, 0.2) is 45.8 Å². The summed E-state index contributed by atoms with van der Waals surface area (Å²) in [4.78, 5) is 19.2. The number of aryl methyl sites for hydroxylation is 2. The van der Waals surface area contributed by atoms with E-state index in [1.54, 1.807) is 6.26 Å². The molecule has 194 valence electrons. The number of furan rings is 1. The molecule has 1 aliphatic heterocycles. The van der Waals surface area contributed by atoms with Crippen molar-refractivity contribution in [3.63, 3.8) is 0 Å². The van der Waals surface area contributed by atoms with Crippen LogP contribution in [0.2, 0.25) is 0 Å². The fraction of sp³-hybridized carbons (Fsp3) is 0.500. The molecule has 3 aromatic heterocycles. The van der Waals surface area contributed by atoms with Crippen LogP contribution in [-0.4, -0.2) is 49.3 Å². The zero-order valence-electron chi connectivity index (χ0n) is 21.5. The first-order valence-electron chi connectivity index (χ1n) is 13.4. The Labute approximate surface area is 215 Å². The predicted octanol–water partition coefficient (Wildman–Crippen LogP) is 4.61. The molecule has 0 amide bonds. The molecule has 4 aromatic rings. The summed E-state index contributed by atoms with van der Waals surface area (Å²) in [5.41, 5.74) is 3.59. The molecule has 2 aliphatic rings. The van der Waals surface area contributed by atoms with Gasteiger partial charge in [-0.1, -0.05) is 24.5 Å². The summed E-state index contributed by atoms with van der Waals surface area (Å²) in [5, 5.41) is 14.1. The molecule has 0 bridgehead atoms. The predicted molar refractivity (Wildman–Crippen MR) is 139 cm³/mol. The Bertz CT molecular complexity index is 1410. The van der Waals surface area contributed by atoms with Gasteiger partial charge in [-0.05, 0) is 85.2 Å². The van der Waals surface area contributed by atoms with E-state index in [9.17, 15) is 4.79 Å². The van der Waals surface area contributed by atoms with Crippen molar-refractivity contribution in [2.45, 2.75) is 77.1 Å². The van der Waals surface area contributed by atoms with Gasteiger partial charge in [0.05, 0.1) is 30.5 Å². The van der Waals surface area contributed by atoms with Crippen molar-refractivity contribution in [3.05, 3.63) is 75.2 Å². The van der Waals surface area contributed by atoms with E-state index in [0.717, 1.165) is 72.9 Å². The largest absolute Gasteiger partial charge is 0.468 e. The average Bonchev–Trinajstić information content (AvgIpc) is 3.68. The molecule has 1 saturated heterocycles. The fourth-order valence-electron chi connectivity index (χ4n) is 6.11. The molecular formula is C28H34N6O3. The van der Waals surface area contributed by atoms with Gasteiger partial charge >= 0.3 is 0 Å². The lowest BCUT2D eigenvalue weighted by Gasteiger charge is -2.32. The molecule has 4 heterocycles. The molecule has 0 unspecified atom stereocenters. The summed E-state index contributed by atoms with van der Waals surface area (Å²) in [7, 11) is 0. The minimum absolute atomic E-state index is 0.0808. The van der Waals surface area contributed by atoms with Crippen LogP contribution in [0.25, 0.3) is 10.9 Å². The number of nitrogens with one attached hydrogen (secondary N) is 1. The van der Waals surface area contributed by atoms with Gasteiger partial charge in [0.2, 0.25) is 0 Å². The van der Waals surface area contributed by atoms with Crippen LogP contribution in [-0.2, 0) is 11.3 Å². The van der Waals surface area contributed by atoms with Crippen molar-refractivity contribution in [1.29, 1.82) is 0 Å². The number of aromatic nitrogens is 5. The second-order valence-electron chi connectivity index (χ2n) is 10.6. The van der Waals surface area contributed by atoms with Gasteiger partial charge in [0.25, 0.3) is 5.56 Å². The Morgan fingerprint density at radius 3 is 2.78 bits per heavy atom. The lowest BCUT2D eigenvalue weighted by Crippen LogP contribution is -2.39. The number of benzene rings is 1. The minimum atomic E-state index is -0.459. The summed E-state index contributed by atoms with van der Waals surface area (Å²) in [6, 6.07) is 9.88. The fourth-order valence-corrected chi connectivity index (χ4v) is 6.11. The minimum Gasteiger partial charge on any atom is -0.468 e. The van der Waals surface area contributed by atoms with E-state index in [4.69, 9.17) is 9.15 Å². The van der Waals surface area contributed by atoms with E-state index in [-0.39, 0.29) is 17.7 Å². The van der Waals surface area contributed by atoms with Crippen molar-refractivity contribution in [2.75, 3.05) is 13.2 Å². The van der Waals surface area contributed by atoms with Crippen LogP contribution in [0, 0.1) is 13.8 Å². The van der Waals surface area contributed by atoms with Gasteiger partial charge in [-0.2, -0.15) is 0 Å². The number of hydrogen-bond acceptors (Lipinski definition) is 7. The monoisotopic (exact) mass is 502 g/mol. The van der Waals surface area contributed by atoms with Crippen molar-refractivity contribution in [1.82, 2.24) is 30.1 Å². The topological polar surface area (TPSA) is 102 Å². The molecule has 0 spiro atoms. The van der Waals surface area contributed by atoms with Crippen molar-refractivity contribution >= 4 is 10.9 Å². The number of rotatable bonds is 8. The lowest BCUT2D eigenvalue weighted by atomic mass is 9.99. The molecule has 1 N–H and O–H groups in total. The molecular weight excluding hydrogens is 468 g/mol. The molecule has 1 aromatic carbocycles. The van der Waals surface area contributed by atoms with Crippen molar-refractivity contribution < 1.29 is 9.15 Å². The third kappa shape index (κ3) is 4.85. The summed E-state index contributed by atoms with van der Waals surface area (Å²) in [5.74, 6) is 1.53. The normalized spacial score (nSPS) is 19.4. The van der Waals surface area contributed by atoms with Crippen LogP contribution >= 0.6 is 0 Å². The number of tetrazole rings is 1. The van der Waals surface area contributed by atoms with E-state index < -0.39 is 6.04 Å². The maximum atomic E-state index is 13.8. The van der Waals surface area contributed by atoms with Crippen molar-refractivity contribution in [2.24, 2.45) is 0 Å². The lowest BCUT2D eigenvalue weighted by molar-refractivity contribution is 0.0541. The third-order valence-electron chi connectivity index (χ3n) is 7.82. The first kappa shape index (κ1) is 24.1. The molecule has 6 rings (SSSR count). The standard InChI is InChI=1S/C28H34N6O3/c1-18-13-19(2)25-20(14-18)15-24(28(35)29-25)26(27-30-31-32-34(27)21-7-3-4-8-21)33(16-22-9-5-11-36-22)17-23-10-6-12-37-23/h5,9,11,13-15,21,23,26H,3-4,6-8,10,12,16-17H2,1-2H3,(H,29,35)/t23-,26-/m1/s1. The zero-order valence-corrected chi connectivity index (χ0v) is 21.5. The maximum Gasteiger partial charge on any atom is 0.253 e. The molecule has 0 radical (unpaired) electrons. The maximum absolute atomic E-state index is 13.8. The van der Waals surface area contributed by atoms with Gasteiger partial charge in [0.1, 0.15) is 11.8 Å². The summed E-state index contributed by atoms with van der Waals surface area (Å²) >= 11 is 0.